The maximum Gasteiger partial charge on any atom is 0.326 e. The van der Waals surface area contributed by atoms with Gasteiger partial charge < -0.3 is 10.1 Å². The van der Waals surface area contributed by atoms with Crippen molar-refractivity contribution in [3.8, 4) is 0 Å². The number of methoxy groups -OCH3 is 1. The van der Waals surface area contributed by atoms with Crippen molar-refractivity contribution in [2.75, 3.05) is 12.9 Å². The highest BCUT2D eigenvalue weighted by Gasteiger charge is 2.41. The Labute approximate surface area is 114 Å². The molecule has 0 aromatic heterocycles. The fourth-order valence-corrected chi connectivity index (χ4v) is 2.97. The van der Waals surface area contributed by atoms with Gasteiger partial charge in [-0.25, -0.2) is 0 Å². The average Bonchev–Trinajstić information content (AvgIpc) is 2.80. The van der Waals surface area contributed by atoms with Crippen LogP contribution in [0.2, 0.25) is 0 Å². The molecule has 1 saturated heterocycles. The molecule has 0 unspecified atom stereocenters. The number of rotatable bonds is 3. The Morgan fingerprint density at radius 2 is 2.00 bits per heavy atom. The zero-order valence-corrected chi connectivity index (χ0v) is 11.1. The lowest BCUT2D eigenvalue weighted by atomic mass is 10.1. The van der Waals surface area contributed by atoms with Crippen molar-refractivity contribution in [2.24, 2.45) is 0 Å². The van der Waals surface area contributed by atoms with Crippen LogP contribution < -0.4 is 5.32 Å². The minimum absolute atomic E-state index is 0.305. The van der Waals surface area contributed by atoms with Gasteiger partial charge in [-0.3, -0.25) is 14.4 Å². The standard InChI is InChI=1S/C13H13NO4S/c1-18-13(17)11-10(15)9(7-19-11)14-12(16)8-5-3-2-4-6-8/h2-6,9,11H,7H2,1H3,(H,14,16)/t9-,11+/m0/s1. The number of nitrogens with one attached hydrogen (secondary N) is 1. The molecule has 19 heavy (non-hydrogen) atoms. The Balaban J connectivity index is 2.00. The third-order valence-electron chi connectivity index (χ3n) is 2.79. The number of benzene rings is 1. The molecule has 1 N–H and O–H groups in total. The maximum absolute atomic E-state index is 11.9. The summed E-state index contributed by atoms with van der Waals surface area (Å²) in [5.41, 5.74) is 0.488. The topological polar surface area (TPSA) is 72.5 Å². The van der Waals surface area contributed by atoms with E-state index in [-0.39, 0.29) is 11.7 Å². The van der Waals surface area contributed by atoms with Crippen LogP contribution in [0.25, 0.3) is 0 Å². The number of ether oxygens (including phenoxy) is 1. The van der Waals surface area contributed by atoms with Crippen LogP contribution in [0.5, 0.6) is 0 Å². The summed E-state index contributed by atoms with van der Waals surface area (Å²) in [7, 11) is 1.24. The summed E-state index contributed by atoms with van der Waals surface area (Å²) in [4.78, 5) is 35.2. The van der Waals surface area contributed by atoms with Gasteiger partial charge in [-0.05, 0) is 12.1 Å². The maximum atomic E-state index is 11.9. The Morgan fingerprint density at radius 3 is 2.63 bits per heavy atom. The Kier molecular flexibility index (Phi) is 4.21. The minimum atomic E-state index is -0.828. The van der Waals surface area contributed by atoms with Gasteiger partial charge in [-0.2, -0.15) is 0 Å². The van der Waals surface area contributed by atoms with Gasteiger partial charge in [-0.1, -0.05) is 18.2 Å². The summed E-state index contributed by atoms with van der Waals surface area (Å²) in [6, 6.07) is 8.00. The van der Waals surface area contributed by atoms with E-state index in [0.717, 1.165) is 0 Å². The molecule has 1 aliphatic rings. The fourth-order valence-electron chi connectivity index (χ4n) is 1.77. The predicted molar refractivity (Wildman–Crippen MR) is 71.0 cm³/mol. The lowest BCUT2D eigenvalue weighted by Gasteiger charge is -2.11. The van der Waals surface area contributed by atoms with E-state index in [2.05, 4.69) is 10.1 Å². The zero-order valence-electron chi connectivity index (χ0n) is 10.3. The summed E-state index contributed by atoms with van der Waals surface area (Å²) in [6.45, 7) is 0. The SMILES string of the molecule is COC(=O)[C@@H]1SC[C@H](NC(=O)c2ccccc2)C1=O. The molecule has 100 valence electrons. The normalized spacial score (nSPS) is 22.1. The van der Waals surface area contributed by atoms with Crippen LogP contribution in [-0.2, 0) is 14.3 Å². The number of ketones is 1. The molecule has 2 atom stereocenters. The summed E-state index contributed by atoms with van der Waals surface area (Å²) in [6.07, 6.45) is 0. The number of carbonyl (C=O) groups is 3. The molecule has 1 amide bonds. The molecule has 2 rings (SSSR count). The second-order valence-electron chi connectivity index (χ2n) is 4.03. The highest BCUT2D eigenvalue weighted by molar-refractivity contribution is 8.02. The molecule has 1 fully saturated rings. The molecule has 0 spiro atoms. The third kappa shape index (κ3) is 2.96. The predicted octanol–water partition coefficient (Wildman–Crippen LogP) is 0.642. The first kappa shape index (κ1) is 13.6. The highest BCUT2D eigenvalue weighted by Crippen LogP contribution is 2.24. The Bertz CT molecular complexity index is 503. The molecule has 0 aliphatic carbocycles. The number of carbonyl (C=O) groups excluding carboxylic acids is 3. The van der Waals surface area contributed by atoms with Crippen molar-refractivity contribution in [3.63, 3.8) is 0 Å². The van der Waals surface area contributed by atoms with Crippen LogP contribution in [0.4, 0.5) is 0 Å². The second-order valence-corrected chi connectivity index (χ2v) is 5.17. The first-order valence-electron chi connectivity index (χ1n) is 5.72. The fraction of sp³-hybridized carbons (Fsp3) is 0.308. The van der Waals surface area contributed by atoms with Gasteiger partial charge >= 0.3 is 5.97 Å². The van der Waals surface area contributed by atoms with Crippen LogP contribution in [0.15, 0.2) is 30.3 Å². The molecule has 5 nitrogen and oxygen atoms in total. The van der Waals surface area contributed by atoms with Gasteiger partial charge in [0.2, 0.25) is 0 Å². The van der Waals surface area contributed by atoms with Crippen molar-refractivity contribution in [1.29, 1.82) is 0 Å². The van der Waals surface area contributed by atoms with Crippen molar-refractivity contribution in [1.82, 2.24) is 5.32 Å². The van der Waals surface area contributed by atoms with Gasteiger partial charge in [-0.15, -0.1) is 11.8 Å². The highest BCUT2D eigenvalue weighted by atomic mass is 32.2. The van der Waals surface area contributed by atoms with E-state index in [0.29, 0.717) is 11.3 Å². The van der Waals surface area contributed by atoms with Crippen LogP contribution >= 0.6 is 11.8 Å². The van der Waals surface area contributed by atoms with Gasteiger partial charge in [0.25, 0.3) is 5.91 Å². The zero-order chi connectivity index (χ0) is 13.8. The summed E-state index contributed by atoms with van der Waals surface area (Å²) in [5, 5.41) is 1.81. The molecule has 1 heterocycles. The summed E-state index contributed by atoms with van der Waals surface area (Å²) < 4.78 is 4.55. The molecule has 0 saturated carbocycles. The van der Waals surface area contributed by atoms with Crippen LogP contribution in [0, 0.1) is 0 Å². The number of thioether (sulfide) groups is 1. The molecular weight excluding hydrogens is 266 g/mol. The average molecular weight is 279 g/mol. The van der Waals surface area contributed by atoms with E-state index in [9.17, 15) is 14.4 Å². The minimum Gasteiger partial charge on any atom is -0.468 e. The number of Topliss-reactive ketones (excluding diaryl/α,β-unsaturated/α-hetero) is 1. The number of hydrogen-bond acceptors (Lipinski definition) is 5. The summed E-state index contributed by atoms with van der Waals surface area (Å²) >= 11 is 1.19. The van der Waals surface area contributed by atoms with Crippen molar-refractivity contribution < 1.29 is 19.1 Å². The van der Waals surface area contributed by atoms with Gasteiger partial charge in [0.05, 0.1) is 13.2 Å². The molecule has 1 aromatic rings. The first-order valence-corrected chi connectivity index (χ1v) is 6.77. The van der Waals surface area contributed by atoms with E-state index < -0.39 is 17.3 Å². The molecule has 1 aliphatic heterocycles. The smallest absolute Gasteiger partial charge is 0.326 e. The van der Waals surface area contributed by atoms with Crippen molar-refractivity contribution in [3.05, 3.63) is 35.9 Å². The Hall–Kier alpha value is -1.82. The van der Waals surface area contributed by atoms with Crippen molar-refractivity contribution >= 4 is 29.4 Å². The van der Waals surface area contributed by atoms with E-state index in [1.54, 1.807) is 30.3 Å². The molecule has 1 aromatic carbocycles. The van der Waals surface area contributed by atoms with Gasteiger partial charge in [0, 0.05) is 11.3 Å². The molecule has 0 radical (unpaired) electrons. The van der Waals surface area contributed by atoms with Gasteiger partial charge in [0.1, 0.15) is 0 Å². The largest absolute Gasteiger partial charge is 0.468 e. The van der Waals surface area contributed by atoms with Crippen LogP contribution in [-0.4, -0.2) is 41.8 Å². The van der Waals surface area contributed by atoms with Crippen LogP contribution in [0.3, 0.4) is 0 Å². The van der Waals surface area contributed by atoms with Crippen LogP contribution in [0.1, 0.15) is 10.4 Å². The monoisotopic (exact) mass is 279 g/mol. The number of amides is 1. The lowest BCUT2D eigenvalue weighted by molar-refractivity contribution is -0.142. The lowest BCUT2D eigenvalue weighted by Crippen LogP contribution is -2.42. The third-order valence-corrected chi connectivity index (χ3v) is 4.07. The van der Waals surface area contributed by atoms with Gasteiger partial charge in [0.15, 0.2) is 11.0 Å². The van der Waals surface area contributed by atoms with E-state index in [4.69, 9.17) is 0 Å². The molecule has 6 heteroatoms. The van der Waals surface area contributed by atoms with E-state index >= 15 is 0 Å². The quantitative estimate of drug-likeness (QED) is 0.649. The van der Waals surface area contributed by atoms with E-state index in [1.807, 2.05) is 0 Å². The number of esters is 1. The van der Waals surface area contributed by atoms with Crippen molar-refractivity contribution in [2.45, 2.75) is 11.3 Å². The second kappa shape index (κ2) is 5.88. The Morgan fingerprint density at radius 1 is 1.32 bits per heavy atom. The molecular formula is C13H13NO4S. The first-order chi connectivity index (χ1) is 9.13. The summed E-state index contributed by atoms with van der Waals surface area (Å²) in [5.74, 6) is -0.797. The number of hydrogen-bond donors (Lipinski definition) is 1. The molecule has 0 bridgehead atoms. The van der Waals surface area contributed by atoms with E-state index in [1.165, 1.54) is 18.9 Å².